The Bertz CT molecular complexity index is 464. The summed E-state index contributed by atoms with van der Waals surface area (Å²) in [4.78, 5) is 0. The average Bonchev–Trinajstić information content (AvgIpc) is 2.22. The monoisotopic (exact) mass is 254 g/mol. The van der Waals surface area contributed by atoms with E-state index >= 15 is 0 Å². The van der Waals surface area contributed by atoms with Crippen molar-refractivity contribution in [3.05, 3.63) is 58.1 Å². The van der Waals surface area contributed by atoms with E-state index in [1.165, 1.54) is 0 Å². The van der Waals surface area contributed by atoms with Gasteiger partial charge in [-0.2, -0.15) is 0 Å². The molecule has 0 amide bonds. The van der Waals surface area contributed by atoms with Crippen LogP contribution >= 0.6 is 23.2 Å². The van der Waals surface area contributed by atoms with Crippen molar-refractivity contribution in [1.29, 1.82) is 0 Å². The predicted molar refractivity (Wildman–Crippen MR) is 68.4 cm³/mol. The number of rotatable bonds is 1. The fourth-order valence-corrected chi connectivity index (χ4v) is 2.02. The van der Waals surface area contributed by atoms with Crippen LogP contribution in [0, 0.1) is 0 Å². The Labute approximate surface area is 105 Å². The Kier molecular flexibility index (Phi) is 3.08. The van der Waals surface area contributed by atoms with Crippen LogP contribution in [0.5, 0.6) is 0 Å². The maximum atomic E-state index is 6.02. The molecule has 4 heteroatoms. The molecule has 1 atom stereocenters. The summed E-state index contributed by atoms with van der Waals surface area (Å²) in [6.07, 6.45) is 5.48. The topological polar surface area (TPSA) is 52.0 Å². The van der Waals surface area contributed by atoms with Crippen molar-refractivity contribution in [2.75, 3.05) is 0 Å². The summed E-state index contributed by atoms with van der Waals surface area (Å²) in [5, 5.41) is 1.15. The van der Waals surface area contributed by atoms with Crippen LogP contribution in [-0.4, -0.2) is 5.66 Å². The SMILES string of the molecule is NC1(N)C=CC(c2cccc(Cl)c2)C=C1Cl. The van der Waals surface area contributed by atoms with Gasteiger partial charge >= 0.3 is 0 Å². The van der Waals surface area contributed by atoms with E-state index in [0.29, 0.717) is 10.1 Å². The van der Waals surface area contributed by atoms with E-state index in [9.17, 15) is 0 Å². The maximum absolute atomic E-state index is 6.02. The molecular formula is C12H12Cl2N2. The van der Waals surface area contributed by atoms with Gasteiger partial charge < -0.3 is 11.5 Å². The number of halogens is 2. The Morgan fingerprint density at radius 2 is 1.94 bits per heavy atom. The highest BCUT2D eigenvalue weighted by Crippen LogP contribution is 2.30. The van der Waals surface area contributed by atoms with E-state index in [-0.39, 0.29) is 5.92 Å². The molecule has 2 rings (SSSR count). The van der Waals surface area contributed by atoms with Crippen molar-refractivity contribution in [3.8, 4) is 0 Å². The highest BCUT2D eigenvalue weighted by Gasteiger charge is 2.25. The van der Waals surface area contributed by atoms with Crippen molar-refractivity contribution in [2.24, 2.45) is 11.5 Å². The fourth-order valence-electron chi connectivity index (χ4n) is 1.62. The number of hydrogen-bond donors (Lipinski definition) is 2. The predicted octanol–water partition coefficient (Wildman–Crippen LogP) is 2.73. The third kappa shape index (κ3) is 2.30. The molecule has 4 N–H and O–H groups in total. The third-order valence-electron chi connectivity index (χ3n) is 2.55. The summed E-state index contributed by atoms with van der Waals surface area (Å²) < 4.78 is 0. The molecule has 0 bridgehead atoms. The molecule has 0 saturated carbocycles. The van der Waals surface area contributed by atoms with Crippen LogP contribution in [-0.2, 0) is 0 Å². The van der Waals surface area contributed by atoms with Gasteiger partial charge in [0.05, 0.1) is 5.03 Å². The van der Waals surface area contributed by atoms with Crippen LogP contribution in [0.3, 0.4) is 0 Å². The number of hydrogen-bond acceptors (Lipinski definition) is 2. The van der Waals surface area contributed by atoms with Crippen LogP contribution < -0.4 is 11.5 Å². The first-order chi connectivity index (χ1) is 7.49. The van der Waals surface area contributed by atoms with Gasteiger partial charge in [-0.05, 0) is 23.8 Å². The van der Waals surface area contributed by atoms with Gasteiger partial charge in [0, 0.05) is 10.9 Å². The molecule has 2 nitrogen and oxygen atoms in total. The van der Waals surface area contributed by atoms with Crippen molar-refractivity contribution in [2.45, 2.75) is 11.6 Å². The van der Waals surface area contributed by atoms with Crippen molar-refractivity contribution < 1.29 is 0 Å². The van der Waals surface area contributed by atoms with Crippen LogP contribution in [0.25, 0.3) is 0 Å². The Morgan fingerprint density at radius 3 is 2.56 bits per heavy atom. The third-order valence-corrected chi connectivity index (χ3v) is 3.24. The molecule has 1 aliphatic rings. The molecule has 1 unspecified atom stereocenters. The molecule has 1 aromatic rings. The van der Waals surface area contributed by atoms with Crippen LogP contribution in [0.1, 0.15) is 11.5 Å². The van der Waals surface area contributed by atoms with Gasteiger partial charge in [-0.3, -0.25) is 0 Å². The van der Waals surface area contributed by atoms with Gasteiger partial charge in [0.1, 0.15) is 5.66 Å². The molecule has 0 spiro atoms. The second kappa shape index (κ2) is 4.22. The molecule has 1 aromatic carbocycles. The molecule has 0 fully saturated rings. The van der Waals surface area contributed by atoms with Crippen molar-refractivity contribution >= 4 is 23.2 Å². The lowest BCUT2D eigenvalue weighted by Crippen LogP contribution is -2.48. The Balaban J connectivity index is 2.33. The zero-order chi connectivity index (χ0) is 11.8. The highest BCUT2D eigenvalue weighted by molar-refractivity contribution is 6.31. The van der Waals surface area contributed by atoms with E-state index in [1.807, 2.05) is 36.4 Å². The molecule has 1 aliphatic carbocycles. The minimum Gasteiger partial charge on any atom is -0.306 e. The molecule has 0 aliphatic heterocycles. The van der Waals surface area contributed by atoms with E-state index in [0.717, 1.165) is 5.56 Å². The Morgan fingerprint density at radius 1 is 1.19 bits per heavy atom. The average molecular weight is 255 g/mol. The molecular weight excluding hydrogens is 243 g/mol. The number of allylic oxidation sites excluding steroid dienone is 2. The zero-order valence-corrected chi connectivity index (χ0v) is 10.0. The van der Waals surface area contributed by atoms with Gasteiger partial charge in [-0.1, -0.05) is 47.5 Å². The van der Waals surface area contributed by atoms with E-state index in [1.54, 1.807) is 6.08 Å². The lowest BCUT2D eigenvalue weighted by atomic mass is 9.91. The number of benzene rings is 1. The summed E-state index contributed by atoms with van der Waals surface area (Å²) >= 11 is 11.9. The first-order valence-electron chi connectivity index (χ1n) is 4.89. The number of nitrogens with two attached hydrogens (primary N) is 2. The minimum absolute atomic E-state index is 0.0754. The summed E-state index contributed by atoms with van der Waals surface area (Å²) in [5.74, 6) is 0.0754. The first-order valence-corrected chi connectivity index (χ1v) is 5.65. The maximum Gasteiger partial charge on any atom is 0.120 e. The van der Waals surface area contributed by atoms with E-state index in [2.05, 4.69) is 0 Å². The molecule has 0 radical (unpaired) electrons. The van der Waals surface area contributed by atoms with Gasteiger partial charge in [-0.25, -0.2) is 0 Å². The summed E-state index contributed by atoms with van der Waals surface area (Å²) in [6.45, 7) is 0. The standard InChI is InChI=1S/C12H12Cl2N2/c13-10-3-1-2-8(6-10)9-4-5-12(15,16)11(14)7-9/h1-7,9H,15-16H2. The quantitative estimate of drug-likeness (QED) is 0.598. The van der Waals surface area contributed by atoms with Crippen molar-refractivity contribution in [1.82, 2.24) is 0 Å². The van der Waals surface area contributed by atoms with Gasteiger partial charge in [0.2, 0.25) is 0 Å². The summed E-state index contributed by atoms with van der Waals surface area (Å²) in [7, 11) is 0. The lowest BCUT2D eigenvalue weighted by molar-refractivity contribution is 0.660. The molecule has 0 saturated heterocycles. The summed E-state index contributed by atoms with van der Waals surface area (Å²) in [6, 6.07) is 7.62. The molecule has 16 heavy (non-hydrogen) atoms. The largest absolute Gasteiger partial charge is 0.306 e. The van der Waals surface area contributed by atoms with E-state index in [4.69, 9.17) is 34.7 Å². The van der Waals surface area contributed by atoms with Crippen LogP contribution in [0.15, 0.2) is 47.5 Å². The minimum atomic E-state index is -1.05. The molecule has 84 valence electrons. The smallest absolute Gasteiger partial charge is 0.120 e. The molecule has 0 aromatic heterocycles. The highest BCUT2D eigenvalue weighted by atomic mass is 35.5. The van der Waals surface area contributed by atoms with Gasteiger partial charge in [0.25, 0.3) is 0 Å². The lowest BCUT2D eigenvalue weighted by Gasteiger charge is -2.26. The fraction of sp³-hybridized carbons (Fsp3) is 0.167. The normalized spacial score (nSPS) is 23.0. The van der Waals surface area contributed by atoms with Crippen LogP contribution in [0.4, 0.5) is 0 Å². The van der Waals surface area contributed by atoms with E-state index < -0.39 is 5.66 Å². The molecule has 0 heterocycles. The Hall–Kier alpha value is -0.800. The second-order valence-electron chi connectivity index (χ2n) is 3.89. The van der Waals surface area contributed by atoms with Crippen molar-refractivity contribution in [3.63, 3.8) is 0 Å². The first kappa shape index (κ1) is 11.7. The second-order valence-corrected chi connectivity index (χ2v) is 4.73. The van der Waals surface area contributed by atoms with Crippen LogP contribution in [0.2, 0.25) is 5.02 Å². The zero-order valence-electron chi connectivity index (χ0n) is 8.53. The summed E-state index contributed by atoms with van der Waals surface area (Å²) in [5.41, 5.74) is 11.5. The van der Waals surface area contributed by atoms with Gasteiger partial charge in [0.15, 0.2) is 0 Å². The van der Waals surface area contributed by atoms with Gasteiger partial charge in [-0.15, -0.1) is 0 Å².